The second-order valence-electron chi connectivity index (χ2n) is 8.27. The summed E-state index contributed by atoms with van der Waals surface area (Å²) in [6, 6.07) is 8.74. The van der Waals surface area contributed by atoms with E-state index in [4.69, 9.17) is 5.73 Å². The maximum Gasteiger partial charge on any atom is 0.0956 e. The van der Waals surface area contributed by atoms with Gasteiger partial charge in [-0.1, -0.05) is 24.3 Å². The summed E-state index contributed by atoms with van der Waals surface area (Å²) in [6.07, 6.45) is 10.8. The summed E-state index contributed by atoms with van der Waals surface area (Å²) in [6.45, 7) is 0. The summed E-state index contributed by atoms with van der Waals surface area (Å²) in [4.78, 5) is 4.33. The van der Waals surface area contributed by atoms with Crippen molar-refractivity contribution in [3.8, 4) is 11.3 Å². The fraction of sp³-hybridized carbons (Fsp3) is 0.550. The number of aliphatic hydroxyl groups is 1. The van der Waals surface area contributed by atoms with Gasteiger partial charge in [0.2, 0.25) is 0 Å². The van der Waals surface area contributed by atoms with Crippen molar-refractivity contribution < 1.29 is 5.11 Å². The topological polar surface area (TPSA) is 64.1 Å². The molecule has 24 heavy (non-hydrogen) atoms. The zero-order chi connectivity index (χ0) is 16.4. The largest absolute Gasteiger partial charge is 0.392 e. The Kier molecular flexibility index (Phi) is 3.01. The molecule has 2 unspecified atom stereocenters. The average molecular weight is 323 g/mol. The van der Waals surface area contributed by atoms with Crippen molar-refractivity contribution in [2.75, 3.05) is 0 Å². The van der Waals surface area contributed by atoms with Crippen LogP contribution in [0.4, 0.5) is 0 Å². The van der Waals surface area contributed by atoms with Crippen LogP contribution < -0.4 is 5.73 Å². The Balaban J connectivity index is 1.44. The van der Waals surface area contributed by atoms with Crippen LogP contribution in [0.25, 0.3) is 11.3 Å². The van der Waals surface area contributed by atoms with Gasteiger partial charge in [-0.25, -0.2) is 4.98 Å². The van der Waals surface area contributed by atoms with Crippen molar-refractivity contribution >= 4 is 0 Å². The minimum atomic E-state index is -0.270. The average Bonchev–Trinajstić information content (AvgIpc) is 3.19. The highest BCUT2D eigenvalue weighted by molar-refractivity contribution is 5.68. The first-order chi connectivity index (χ1) is 11.6. The molecule has 3 aliphatic carbocycles. The van der Waals surface area contributed by atoms with Crippen molar-refractivity contribution in [2.45, 2.75) is 62.6 Å². The second-order valence-corrected chi connectivity index (χ2v) is 8.27. The molecule has 0 radical (unpaired) electrons. The van der Waals surface area contributed by atoms with Crippen LogP contribution in [0.15, 0.2) is 36.8 Å². The van der Waals surface area contributed by atoms with Crippen molar-refractivity contribution in [3.05, 3.63) is 42.4 Å². The third-order valence-electron chi connectivity index (χ3n) is 7.11. The maximum absolute atomic E-state index is 11.2. The van der Waals surface area contributed by atoms with E-state index in [0.717, 1.165) is 44.9 Å². The molecule has 3 saturated carbocycles. The number of rotatable bonds is 3. The van der Waals surface area contributed by atoms with E-state index < -0.39 is 0 Å². The molecule has 0 spiro atoms. The fourth-order valence-electron chi connectivity index (χ4n) is 5.38. The van der Waals surface area contributed by atoms with E-state index in [-0.39, 0.29) is 23.1 Å². The van der Waals surface area contributed by atoms with Gasteiger partial charge in [0, 0.05) is 11.1 Å². The molecule has 4 aliphatic rings. The predicted octanol–water partition coefficient (Wildman–Crippen LogP) is 3.26. The molecule has 2 aromatic rings. The Hall–Kier alpha value is -1.65. The molecule has 2 heterocycles. The zero-order valence-corrected chi connectivity index (χ0v) is 14.0. The molecule has 1 aromatic carbocycles. The molecule has 0 amide bonds. The number of benzene rings is 1. The third kappa shape index (κ3) is 1.96. The molecular formula is C20H25N3O. The third-order valence-corrected chi connectivity index (χ3v) is 7.11. The quantitative estimate of drug-likeness (QED) is 0.911. The molecule has 1 aliphatic heterocycles. The standard InChI is InChI=1S/C20H25N3O/c21-20-8-5-19(6-9-20,7-10-20)18(24)11-16-14-3-1-2-4-15(14)17-12-22-13-23(16)17/h1-4,12-13,16,18,24H,5-11,21H2. The van der Waals surface area contributed by atoms with Crippen LogP contribution in [0.3, 0.4) is 0 Å². The number of hydrogen-bond donors (Lipinski definition) is 2. The Morgan fingerprint density at radius 2 is 1.88 bits per heavy atom. The van der Waals surface area contributed by atoms with Gasteiger partial charge >= 0.3 is 0 Å². The monoisotopic (exact) mass is 323 g/mol. The van der Waals surface area contributed by atoms with Gasteiger partial charge in [-0.2, -0.15) is 0 Å². The van der Waals surface area contributed by atoms with E-state index in [1.807, 2.05) is 12.5 Å². The smallest absolute Gasteiger partial charge is 0.0956 e. The molecule has 2 bridgehead atoms. The van der Waals surface area contributed by atoms with Gasteiger partial charge in [-0.3, -0.25) is 0 Å². The zero-order valence-electron chi connectivity index (χ0n) is 14.0. The summed E-state index contributed by atoms with van der Waals surface area (Å²) in [5.74, 6) is 0. The molecule has 4 nitrogen and oxygen atoms in total. The number of aliphatic hydroxyl groups excluding tert-OH is 1. The van der Waals surface area contributed by atoms with Crippen LogP contribution in [0, 0.1) is 5.41 Å². The van der Waals surface area contributed by atoms with Gasteiger partial charge in [0.1, 0.15) is 0 Å². The van der Waals surface area contributed by atoms with Gasteiger partial charge in [-0.15, -0.1) is 0 Å². The number of nitrogens with two attached hydrogens (primary N) is 1. The van der Waals surface area contributed by atoms with Gasteiger partial charge in [0.15, 0.2) is 0 Å². The summed E-state index contributed by atoms with van der Waals surface area (Å²) in [5.41, 5.74) is 10.3. The molecule has 6 rings (SSSR count). The van der Waals surface area contributed by atoms with Crippen LogP contribution in [0.2, 0.25) is 0 Å². The first-order valence-electron chi connectivity index (χ1n) is 9.18. The lowest BCUT2D eigenvalue weighted by Crippen LogP contribution is -2.55. The first kappa shape index (κ1) is 14.7. The van der Waals surface area contributed by atoms with Gasteiger partial charge in [0.05, 0.1) is 30.4 Å². The van der Waals surface area contributed by atoms with Crippen molar-refractivity contribution in [2.24, 2.45) is 11.1 Å². The lowest BCUT2D eigenvalue weighted by Gasteiger charge is -2.54. The predicted molar refractivity (Wildman–Crippen MR) is 93.5 cm³/mol. The van der Waals surface area contributed by atoms with E-state index in [0.29, 0.717) is 0 Å². The van der Waals surface area contributed by atoms with Crippen molar-refractivity contribution in [1.29, 1.82) is 0 Å². The number of hydrogen-bond acceptors (Lipinski definition) is 3. The van der Waals surface area contributed by atoms with E-state index in [1.54, 1.807) is 0 Å². The Morgan fingerprint density at radius 3 is 2.62 bits per heavy atom. The highest BCUT2D eigenvalue weighted by atomic mass is 16.3. The lowest BCUT2D eigenvalue weighted by atomic mass is 9.55. The number of fused-ring (bicyclic) bond motifs is 6. The SMILES string of the molecule is NC12CCC(C(O)CC3c4ccccc4-c4cncn43)(CC1)CC2. The summed E-state index contributed by atoms with van der Waals surface area (Å²) in [5, 5.41) is 11.2. The Morgan fingerprint density at radius 1 is 1.17 bits per heavy atom. The van der Waals surface area contributed by atoms with Crippen molar-refractivity contribution in [1.82, 2.24) is 9.55 Å². The lowest BCUT2D eigenvalue weighted by molar-refractivity contribution is -0.0680. The maximum atomic E-state index is 11.2. The number of imidazole rings is 1. The van der Waals surface area contributed by atoms with Gasteiger partial charge in [0.25, 0.3) is 0 Å². The molecule has 0 saturated heterocycles. The Bertz CT molecular complexity index is 756. The van der Waals surface area contributed by atoms with E-state index in [9.17, 15) is 5.11 Å². The number of nitrogens with zero attached hydrogens (tertiary/aromatic N) is 2. The normalized spacial score (nSPS) is 34.8. The van der Waals surface area contributed by atoms with Gasteiger partial charge in [-0.05, 0) is 55.9 Å². The minimum absolute atomic E-state index is 0.0545. The van der Waals surface area contributed by atoms with E-state index in [2.05, 4.69) is 33.8 Å². The Labute approximate surface area is 142 Å². The van der Waals surface area contributed by atoms with Crippen LogP contribution in [-0.4, -0.2) is 26.3 Å². The molecule has 4 heteroatoms. The molecular weight excluding hydrogens is 298 g/mol. The number of aromatic nitrogens is 2. The highest BCUT2D eigenvalue weighted by Gasteiger charge is 2.50. The van der Waals surface area contributed by atoms with E-state index >= 15 is 0 Å². The molecule has 3 fully saturated rings. The fourth-order valence-corrected chi connectivity index (χ4v) is 5.38. The molecule has 2 atom stereocenters. The van der Waals surface area contributed by atoms with Crippen LogP contribution in [-0.2, 0) is 0 Å². The highest BCUT2D eigenvalue weighted by Crippen LogP contribution is 2.55. The summed E-state index contributed by atoms with van der Waals surface area (Å²) < 4.78 is 2.24. The van der Waals surface area contributed by atoms with E-state index in [1.165, 1.54) is 16.8 Å². The summed E-state index contributed by atoms with van der Waals surface area (Å²) in [7, 11) is 0. The van der Waals surface area contributed by atoms with Crippen LogP contribution >= 0.6 is 0 Å². The molecule has 1 aromatic heterocycles. The molecule has 126 valence electrons. The van der Waals surface area contributed by atoms with Crippen LogP contribution in [0.1, 0.15) is 56.6 Å². The summed E-state index contributed by atoms with van der Waals surface area (Å²) >= 11 is 0. The molecule has 3 N–H and O–H groups in total. The second kappa shape index (κ2) is 4.93. The van der Waals surface area contributed by atoms with Crippen LogP contribution in [0.5, 0.6) is 0 Å². The van der Waals surface area contributed by atoms with Crippen molar-refractivity contribution in [3.63, 3.8) is 0 Å². The minimum Gasteiger partial charge on any atom is -0.392 e. The first-order valence-corrected chi connectivity index (χ1v) is 9.18. The van der Waals surface area contributed by atoms with Gasteiger partial charge < -0.3 is 15.4 Å².